The number of Topliss-reactive ketones (excluding diaryl/α,β-unsaturated/α-hetero) is 1. The number of carbonyl (C=O) groups excluding carboxylic acids is 2. The van der Waals surface area contributed by atoms with Gasteiger partial charge in [-0.25, -0.2) is 4.79 Å². The summed E-state index contributed by atoms with van der Waals surface area (Å²) in [6, 6.07) is 10.9. The Morgan fingerprint density at radius 2 is 1.70 bits per heavy atom. The zero-order valence-electron chi connectivity index (χ0n) is 16.2. The summed E-state index contributed by atoms with van der Waals surface area (Å²) in [4.78, 5) is 28.5. The van der Waals surface area contributed by atoms with Crippen molar-refractivity contribution in [1.82, 2.24) is 0 Å². The molecular formula is C21H23NO5. The van der Waals surface area contributed by atoms with E-state index in [9.17, 15) is 9.59 Å². The zero-order chi connectivity index (χ0) is 20.0. The molecule has 6 nitrogen and oxygen atoms in total. The number of rotatable bonds is 7. The maximum atomic E-state index is 12.0. The molecule has 0 aliphatic carbocycles. The predicted molar refractivity (Wildman–Crippen MR) is 102 cm³/mol. The van der Waals surface area contributed by atoms with E-state index in [0.29, 0.717) is 16.9 Å². The van der Waals surface area contributed by atoms with Crippen LogP contribution in [0.3, 0.4) is 0 Å². The molecule has 0 atom stereocenters. The number of esters is 1. The second-order valence-electron chi connectivity index (χ2n) is 6.05. The summed E-state index contributed by atoms with van der Waals surface area (Å²) < 4.78 is 10.7. The number of nitrogens with zero attached hydrogens (tertiary/aromatic N) is 1. The fourth-order valence-electron chi connectivity index (χ4n) is 2.74. The third-order valence-corrected chi connectivity index (χ3v) is 4.12. The lowest BCUT2D eigenvalue weighted by Crippen LogP contribution is -2.19. The highest BCUT2D eigenvalue weighted by Gasteiger charge is 2.19. The summed E-state index contributed by atoms with van der Waals surface area (Å²) in [5.41, 5.74) is 3.79. The summed E-state index contributed by atoms with van der Waals surface area (Å²) in [5, 5.41) is 3.79. The first-order valence-corrected chi connectivity index (χ1v) is 8.41. The number of ether oxygens (including phenoxy) is 2. The van der Waals surface area contributed by atoms with Crippen molar-refractivity contribution in [3.63, 3.8) is 0 Å². The Morgan fingerprint density at radius 1 is 1.00 bits per heavy atom. The van der Waals surface area contributed by atoms with Crippen LogP contribution in [0.25, 0.3) is 0 Å². The molecule has 0 aliphatic heterocycles. The fourth-order valence-corrected chi connectivity index (χ4v) is 2.74. The van der Waals surface area contributed by atoms with E-state index in [2.05, 4.69) is 5.16 Å². The molecular weight excluding hydrogens is 346 g/mol. The van der Waals surface area contributed by atoms with Crippen molar-refractivity contribution < 1.29 is 23.9 Å². The highest BCUT2D eigenvalue weighted by molar-refractivity contribution is 6.43. The van der Waals surface area contributed by atoms with Gasteiger partial charge in [0.1, 0.15) is 19.5 Å². The Balaban J connectivity index is 2.32. The van der Waals surface area contributed by atoms with Crippen LogP contribution in [-0.4, -0.2) is 31.7 Å². The van der Waals surface area contributed by atoms with Gasteiger partial charge in [0.2, 0.25) is 0 Å². The molecule has 0 saturated carbocycles. The molecule has 0 heterocycles. The molecule has 0 saturated heterocycles. The van der Waals surface area contributed by atoms with E-state index < -0.39 is 5.97 Å². The molecule has 6 heteroatoms. The molecule has 0 aliphatic rings. The van der Waals surface area contributed by atoms with Gasteiger partial charge in [-0.15, -0.1) is 0 Å². The quantitative estimate of drug-likeness (QED) is 0.323. The minimum atomic E-state index is -0.595. The van der Waals surface area contributed by atoms with Crippen LogP contribution in [0.5, 0.6) is 5.75 Å². The molecule has 2 rings (SSSR count). The van der Waals surface area contributed by atoms with Crippen molar-refractivity contribution in [1.29, 1.82) is 0 Å². The lowest BCUT2D eigenvalue weighted by Gasteiger charge is -2.14. The van der Waals surface area contributed by atoms with Gasteiger partial charge in [0.25, 0.3) is 0 Å². The molecule has 0 fully saturated rings. The van der Waals surface area contributed by atoms with Gasteiger partial charge in [-0.05, 0) is 49.6 Å². The second-order valence-corrected chi connectivity index (χ2v) is 6.05. The lowest BCUT2D eigenvalue weighted by atomic mass is 10.0. The summed E-state index contributed by atoms with van der Waals surface area (Å²) in [7, 11) is 2.65. The number of oxime groups is 1. The maximum absolute atomic E-state index is 12.0. The summed E-state index contributed by atoms with van der Waals surface area (Å²) in [6.07, 6.45) is 0. The average Bonchev–Trinajstić information content (AvgIpc) is 2.66. The first-order chi connectivity index (χ1) is 12.9. The van der Waals surface area contributed by atoms with Crippen molar-refractivity contribution in [2.45, 2.75) is 27.4 Å². The number of benzene rings is 2. The summed E-state index contributed by atoms with van der Waals surface area (Å²) >= 11 is 0. The maximum Gasteiger partial charge on any atom is 0.360 e. The van der Waals surface area contributed by atoms with Crippen molar-refractivity contribution in [3.05, 3.63) is 64.2 Å². The number of methoxy groups -OCH3 is 1. The molecule has 0 N–H and O–H groups in total. The second kappa shape index (κ2) is 8.98. The van der Waals surface area contributed by atoms with Crippen molar-refractivity contribution >= 4 is 17.5 Å². The molecule has 0 aromatic heterocycles. The summed E-state index contributed by atoms with van der Waals surface area (Å²) in [5.74, 6) is 0.101. The average molecular weight is 369 g/mol. The zero-order valence-corrected chi connectivity index (χ0v) is 16.2. The molecule has 27 heavy (non-hydrogen) atoms. The SMILES string of the molecule is CO/N=C(/C(=O)OC)c1ccccc1COc1cc(C)c(C(C)=O)cc1C. The van der Waals surface area contributed by atoms with Crippen LogP contribution in [-0.2, 0) is 21.0 Å². The number of hydrogen-bond acceptors (Lipinski definition) is 6. The van der Waals surface area contributed by atoms with Crippen LogP contribution < -0.4 is 4.74 Å². The topological polar surface area (TPSA) is 74.2 Å². The normalized spacial score (nSPS) is 11.1. The Morgan fingerprint density at radius 3 is 2.33 bits per heavy atom. The molecule has 2 aromatic rings. The van der Waals surface area contributed by atoms with Crippen LogP contribution in [0.2, 0.25) is 0 Å². The first-order valence-electron chi connectivity index (χ1n) is 8.41. The first kappa shape index (κ1) is 20.2. The van der Waals surface area contributed by atoms with Crippen molar-refractivity contribution in [2.75, 3.05) is 14.2 Å². The van der Waals surface area contributed by atoms with E-state index in [1.54, 1.807) is 19.1 Å². The van der Waals surface area contributed by atoms with Crippen LogP contribution in [0, 0.1) is 13.8 Å². The Hall–Kier alpha value is -3.15. The van der Waals surface area contributed by atoms with E-state index in [-0.39, 0.29) is 18.1 Å². The van der Waals surface area contributed by atoms with E-state index in [0.717, 1.165) is 16.7 Å². The molecule has 0 radical (unpaired) electrons. The highest BCUT2D eigenvalue weighted by Crippen LogP contribution is 2.25. The van der Waals surface area contributed by atoms with Crippen LogP contribution in [0.15, 0.2) is 41.6 Å². The number of carbonyl (C=O) groups is 2. The van der Waals surface area contributed by atoms with Crippen LogP contribution >= 0.6 is 0 Å². The molecule has 142 valence electrons. The van der Waals surface area contributed by atoms with Gasteiger partial charge in [0.05, 0.1) is 7.11 Å². The predicted octanol–water partition coefficient (Wildman–Crippen LogP) is 3.61. The van der Waals surface area contributed by atoms with E-state index in [4.69, 9.17) is 14.3 Å². The smallest absolute Gasteiger partial charge is 0.360 e. The van der Waals surface area contributed by atoms with Crippen LogP contribution in [0.4, 0.5) is 0 Å². The van der Waals surface area contributed by atoms with E-state index >= 15 is 0 Å². The molecule has 0 spiro atoms. The van der Waals surface area contributed by atoms with Gasteiger partial charge < -0.3 is 14.3 Å². The largest absolute Gasteiger partial charge is 0.489 e. The van der Waals surface area contributed by atoms with Gasteiger partial charge in [0, 0.05) is 11.1 Å². The van der Waals surface area contributed by atoms with Gasteiger partial charge in [-0.2, -0.15) is 0 Å². The number of hydrogen-bond donors (Lipinski definition) is 0. The third-order valence-electron chi connectivity index (χ3n) is 4.12. The molecule has 0 amide bonds. The van der Waals surface area contributed by atoms with Gasteiger partial charge in [0.15, 0.2) is 11.5 Å². The van der Waals surface area contributed by atoms with Gasteiger partial charge in [-0.1, -0.05) is 29.4 Å². The minimum Gasteiger partial charge on any atom is -0.489 e. The Labute approximate surface area is 158 Å². The Kier molecular flexibility index (Phi) is 6.71. The van der Waals surface area contributed by atoms with E-state index in [1.807, 2.05) is 38.1 Å². The highest BCUT2D eigenvalue weighted by atomic mass is 16.6. The van der Waals surface area contributed by atoms with Gasteiger partial charge >= 0.3 is 5.97 Å². The van der Waals surface area contributed by atoms with Gasteiger partial charge in [-0.3, -0.25) is 4.79 Å². The summed E-state index contributed by atoms with van der Waals surface area (Å²) in [6.45, 7) is 5.52. The minimum absolute atomic E-state index is 0.0194. The molecule has 2 aromatic carbocycles. The van der Waals surface area contributed by atoms with E-state index in [1.165, 1.54) is 14.2 Å². The van der Waals surface area contributed by atoms with Crippen molar-refractivity contribution in [3.8, 4) is 5.75 Å². The Bertz CT molecular complexity index is 886. The fraction of sp³-hybridized carbons (Fsp3) is 0.286. The monoisotopic (exact) mass is 369 g/mol. The van der Waals surface area contributed by atoms with Crippen LogP contribution in [0.1, 0.15) is 39.5 Å². The lowest BCUT2D eigenvalue weighted by molar-refractivity contribution is -0.132. The van der Waals surface area contributed by atoms with Crippen molar-refractivity contribution in [2.24, 2.45) is 5.16 Å². The molecule has 0 bridgehead atoms. The standard InChI is InChI=1S/C21H23NO5/c1-13-11-19(14(2)10-18(13)15(3)23)27-12-16-8-6-7-9-17(16)20(22-26-5)21(24)25-4/h6-11H,12H2,1-5H3/b22-20+. The number of ketones is 1. The molecule has 0 unspecified atom stereocenters. The third kappa shape index (κ3) is 4.73. The number of aryl methyl sites for hydroxylation is 2.